The SMILES string of the molecule is CCOc1ccc(S(=O)(=O)Nc2cccc(N)c2C)cc1. The Hall–Kier alpha value is -2.21. The summed E-state index contributed by atoms with van der Waals surface area (Å²) in [6, 6.07) is 11.4. The number of benzene rings is 2. The van der Waals surface area contributed by atoms with Crippen molar-refractivity contribution in [1.82, 2.24) is 0 Å². The first kappa shape index (κ1) is 15.2. The Bertz CT molecular complexity index is 725. The molecule has 2 aromatic rings. The molecule has 2 aromatic carbocycles. The van der Waals surface area contributed by atoms with Crippen LogP contribution in [0.15, 0.2) is 47.4 Å². The quantitative estimate of drug-likeness (QED) is 0.832. The summed E-state index contributed by atoms with van der Waals surface area (Å²) in [5.41, 5.74) is 7.50. The molecule has 2 rings (SSSR count). The molecule has 0 atom stereocenters. The van der Waals surface area contributed by atoms with E-state index in [0.717, 1.165) is 0 Å². The van der Waals surface area contributed by atoms with Crippen molar-refractivity contribution in [1.29, 1.82) is 0 Å². The highest BCUT2D eigenvalue weighted by Gasteiger charge is 2.15. The number of anilines is 2. The molecule has 0 aliphatic carbocycles. The predicted octanol–water partition coefficient (Wildman–Crippen LogP) is 2.78. The zero-order valence-electron chi connectivity index (χ0n) is 12.0. The molecule has 0 saturated heterocycles. The first-order valence-electron chi connectivity index (χ1n) is 6.55. The maximum absolute atomic E-state index is 12.3. The third-order valence-electron chi connectivity index (χ3n) is 3.07. The minimum atomic E-state index is -3.65. The lowest BCUT2D eigenvalue weighted by atomic mass is 10.2. The Kier molecular flexibility index (Phi) is 4.37. The van der Waals surface area contributed by atoms with Gasteiger partial charge in [-0.15, -0.1) is 0 Å². The summed E-state index contributed by atoms with van der Waals surface area (Å²) in [5, 5.41) is 0. The van der Waals surface area contributed by atoms with E-state index in [1.807, 2.05) is 6.92 Å². The Morgan fingerprint density at radius 1 is 1.14 bits per heavy atom. The van der Waals surface area contributed by atoms with Crippen LogP contribution in [0.5, 0.6) is 5.75 Å². The second kappa shape index (κ2) is 6.05. The smallest absolute Gasteiger partial charge is 0.261 e. The number of nitrogens with one attached hydrogen (secondary N) is 1. The van der Waals surface area contributed by atoms with Gasteiger partial charge < -0.3 is 10.5 Å². The van der Waals surface area contributed by atoms with Crippen LogP contribution in [0.25, 0.3) is 0 Å². The molecule has 0 fully saturated rings. The van der Waals surface area contributed by atoms with Crippen LogP contribution >= 0.6 is 0 Å². The van der Waals surface area contributed by atoms with E-state index in [9.17, 15) is 8.42 Å². The van der Waals surface area contributed by atoms with E-state index >= 15 is 0 Å². The number of hydrogen-bond donors (Lipinski definition) is 2. The van der Waals surface area contributed by atoms with Gasteiger partial charge in [-0.25, -0.2) is 8.42 Å². The molecule has 3 N–H and O–H groups in total. The highest BCUT2D eigenvalue weighted by atomic mass is 32.2. The molecule has 0 amide bonds. The maximum atomic E-state index is 12.3. The fraction of sp³-hybridized carbons (Fsp3) is 0.200. The third-order valence-corrected chi connectivity index (χ3v) is 4.45. The summed E-state index contributed by atoms with van der Waals surface area (Å²) in [6.45, 7) is 4.17. The lowest BCUT2D eigenvalue weighted by Crippen LogP contribution is -2.14. The van der Waals surface area contributed by atoms with Gasteiger partial charge >= 0.3 is 0 Å². The van der Waals surface area contributed by atoms with Crippen LogP contribution in [0.3, 0.4) is 0 Å². The molecule has 0 spiro atoms. The second-order valence-electron chi connectivity index (χ2n) is 4.53. The van der Waals surface area contributed by atoms with Gasteiger partial charge in [0.1, 0.15) is 5.75 Å². The van der Waals surface area contributed by atoms with Crippen molar-refractivity contribution >= 4 is 21.4 Å². The molecule has 112 valence electrons. The van der Waals surface area contributed by atoms with Gasteiger partial charge in [0.05, 0.1) is 17.2 Å². The molecule has 0 unspecified atom stereocenters. The molecule has 5 nitrogen and oxygen atoms in total. The lowest BCUT2D eigenvalue weighted by molar-refractivity contribution is 0.340. The highest BCUT2D eigenvalue weighted by molar-refractivity contribution is 7.92. The van der Waals surface area contributed by atoms with E-state index in [-0.39, 0.29) is 4.90 Å². The van der Waals surface area contributed by atoms with Gasteiger partial charge in [0.25, 0.3) is 10.0 Å². The zero-order valence-corrected chi connectivity index (χ0v) is 12.8. The van der Waals surface area contributed by atoms with Crippen LogP contribution in [-0.2, 0) is 10.0 Å². The largest absolute Gasteiger partial charge is 0.494 e. The highest BCUT2D eigenvalue weighted by Crippen LogP contribution is 2.24. The molecule has 0 heterocycles. The summed E-state index contributed by atoms with van der Waals surface area (Å²) in [7, 11) is -3.65. The molecule has 0 bridgehead atoms. The van der Waals surface area contributed by atoms with Gasteiger partial charge in [-0.1, -0.05) is 6.07 Å². The average molecular weight is 306 g/mol. The molecule has 0 aromatic heterocycles. The summed E-state index contributed by atoms with van der Waals surface area (Å²) < 4.78 is 32.5. The standard InChI is InChI=1S/C15H18N2O3S/c1-3-20-12-7-9-13(10-8-12)21(18,19)17-15-6-4-5-14(16)11(15)2/h4-10,17H,3,16H2,1-2H3. The Balaban J connectivity index is 2.27. The van der Waals surface area contributed by atoms with Crippen LogP contribution < -0.4 is 15.2 Å². The summed E-state index contributed by atoms with van der Waals surface area (Å²) in [5.74, 6) is 0.636. The van der Waals surface area contributed by atoms with E-state index in [0.29, 0.717) is 29.3 Å². The van der Waals surface area contributed by atoms with Crippen molar-refractivity contribution < 1.29 is 13.2 Å². The first-order valence-corrected chi connectivity index (χ1v) is 8.03. The van der Waals surface area contributed by atoms with Crippen LogP contribution in [0.2, 0.25) is 0 Å². The van der Waals surface area contributed by atoms with Crippen molar-refractivity contribution in [2.45, 2.75) is 18.7 Å². The zero-order chi connectivity index (χ0) is 15.5. The van der Waals surface area contributed by atoms with E-state index in [1.165, 1.54) is 12.1 Å². The predicted molar refractivity (Wildman–Crippen MR) is 84.0 cm³/mol. The van der Waals surface area contributed by atoms with E-state index in [1.54, 1.807) is 37.3 Å². The molecule has 0 aliphatic heterocycles. The van der Waals surface area contributed by atoms with Gasteiger partial charge in [0.2, 0.25) is 0 Å². The van der Waals surface area contributed by atoms with Gasteiger partial charge in [-0.2, -0.15) is 0 Å². The number of nitrogens with two attached hydrogens (primary N) is 1. The van der Waals surface area contributed by atoms with E-state index in [2.05, 4.69) is 4.72 Å². The second-order valence-corrected chi connectivity index (χ2v) is 6.21. The van der Waals surface area contributed by atoms with Crippen molar-refractivity contribution in [3.63, 3.8) is 0 Å². The van der Waals surface area contributed by atoms with Gasteiger partial charge in [0, 0.05) is 5.69 Å². The monoisotopic (exact) mass is 306 g/mol. The number of rotatable bonds is 5. The van der Waals surface area contributed by atoms with Crippen LogP contribution in [0.4, 0.5) is 11.4 Å². The lowest BCUT2D eigenvalue weighted by Gasteiger charge is -2.12. The Morgan fingerprint density at radius 3 is 2.43 bits per heavy atom. The van der Waals surface area contributed by atoms with Crippen LogP contribution in [-0.4, -0.2) is 15.0 Å². The van der Waals surface area contributed by atoms with Crippen molar-refractivity contribution in [3.05, 3.63) is 48.0 Å². The molecular weight excluding hydrogens is 288 g/mol. The van der Waals surface area contributed by atoms with Crippen molar-refractivity contribution in [2.24, 2.45) is 0 Å². The summed E-state index contributed by atoms with van der Waals surface area (Å²) in [6.07, 6.45) is 0. The molecule has 0 radical (unpaired) electrons. The molecule has 21 heavy (non-hydrogen) atoms. The minimum absolute atomic E-state index is 0.174. The van der Waals surface area contributed by atoms with Crippen molar-refractivity contribution in [3.8, 4) is 5.75 Å². The van der Waals surface area contributed by atoms with Crippen molar-refractivity contribution in [2.75, 3.05) is 17.1 Å². The topological polar surface area (TPSA) is 81.4 Å². The average Bonchev–Trinajstić information content (AvgIpc) is 2.45. The number of sulfonamides is 1. The first-order chi connectivity index (χ1) is 9.94. The maximum Gasteiger partial charge on any atom is 0.261 e. The molecular formula is C15H18N2O3S. The number of ether oxygens (including phenoxy) is 1. The fourth-order valence-corrected chi connectivity index (χ4v) is 2.97. The Labute approximate surface area is 124 Å². The number of nitrogen functional groups attached to an aromatic ring is 1. The van der Waals surface area contributed by atoms with Gasteiger partial charge in [0.15, 0.2) is 0 Å². The van der Waals surface area contributed by atoms with Crippen LogP contribution in [0, 0.1) is 6.92 Å². The summed E-state index contributed by atoms with van der Waals surface area (Å²) in [4.78, 5) is 0.174. The Morgan fingerprint density at radius 2 is 1.81 bits per heavy atom. The number of hydrogen-bond acceptors (Lipinski definition) is 4. The fourth-order valence-electron chi connectivity index (χ4n) is 1.85. The minimum Gasteiger partial charge on any atom is -0.494 e. The summed E-state index contributed by atoms with van der Waals surface area (Å²) >= 11 is 0. The van der Waals surface area contributed by atoms with Gasteiger partial charge in [-0.05, 0) is 55.8 Å². The normalized spacial score (nSPS) is 11.1. The van der Waals surface area contributed by atoms with Crippen LogP contribution in [0.1, 0.15) is 12.5 Å². The van der Waals surface area contributed by atoms with E-state index < -0.39 is 10.0 Å². The molecule has 0 aliphatic rings. The van der Waals surface area contributed by atoms with Gasteiger partial charge in [-0.3, -0.25) is 4.72 Å². The van der Waals surface area contributed by atoms with E-state index in [4.69, 9.17) is 10.5 Å². The molecule has 0 saturated carbocycles. The third kappa shape index (κ3) is 3.46. The molecule has 6 heteroatoms.